The van der Waals surface area contributed by atoms with Crippen LogP contribution in [0.3, 0.4) is 0 Å². The van der Waals surface area contributed by atoms with Gasteiger partial charge in [0.15, 0.2) is 23.3 Å². The Bertz CT molecular complexity index is 2240. The molecule has 0 radical (unpaired) electrons. The third kappa shape index (κ3) is 11.8. The van der Waals surface area contributed by atoms with Gasteiger partial charge >= 0.3 is 50.1 Å². The minimum atomic E-state index is -4.90. The molecule has 2 amide bonds. The van der Waals surface area contributed by atoms with E-state index < -0.39 is 119 Å². The van der Waals surface area contributed by atoms with Crippen LogP contribution in [-0.2, 0) is 61.0 Å². The third-order valence-corrected chi connectivity index (χ3v) is 9.63. The molecule has 2 aromatic heterocycles. The van der Waals surface area contributed by atoms with E-state index in [0.717, 1.165) is 9.80 Å². The number of imidazole rings is 2. The molecule has 0 unspecified atom stereocenters. The summed E-state index contributed by atoms with van der Waals surface area (Å²) in [7, 11) is 0. The van der Waals surface area contributed by atoms with E-state index >= 15 is 0 Å². The molecule has 0 spiro atoms. The number of rotatable bonds is 10. The number of carboxylic acid groups (broad SMARTS) is 2. The first-order valence-corrected chi connectivity index (χ1v) is 17.9. The number of carbonyl (C=O) groups is 4. The number of carboxylic acids is 2. The SMILES string of the molecule is N[C@@H](CC(=O)N1CCn2c(C(F)(F)F)nc(C(=O)[O-])c2C1)Cc1cc(F)c(F)cc1F.N[C@@H](CC(=O)N1CCn2c(C(F)(F)F)nc(C(=O)[O-])c2C1)Cc1cc(F)c(F)cc1F.[Ca+2]. The number of aromatic nitrogens is 4. The van der Waals surface area contributed by atoms with Gasteiger partial charge in [0, 0.05) is 63.2 Å². The van der Waals surface area contributed by atoms with Gasteiger partial charge in [-0.25, -0.2) is 36.3 Å². The molecule has 0 saturated heterocycles. The molecule has 4 heterocycles. The van der Waals surface area contributed by atoms with Crippen molar-refractivity contribution in [2.75, 3.05) is 13.1 Å². The standard InChI is InChI=1S/2C18H16F6N4O3.Ca/c2*19-10-6-12(21)11(20)4-8(10)3-9(25)5-14(29)27-1-2-28-13(7-27)15(16(30)31)26-17(28)18(22,23)24;/h2*4,6,9H,1-3,5,7,25H2,(H,30,31);/q;;+2/p-2/t2*9-;/m11./s1. The van der Waals surface area contributed by atoms with Gasteiger partial charge in [-0.3, -0.25) is 9.59 Å². The average Bonchev–Trinajstić information content (AvgIpc) is 3.76. The van der Waals surface area contributed by atoms with Crippen LogP contribution in [0.4, 0.5) is 52.7 Å². The molecule has 336 valence electrons. The summed E-state index contributed by atoms with van der Waals surface area (Å²) >= 11 is 0. The fourth-order valence-corrected chi connectivity index (χ4v) is 6.78. The van der Waals surface area contributed by atoms with E-state index in [4.69, 9.17) is 11.5 Å². The zero-order valence-corrected chi connectivity index (χ0v) is 34.3. The molecular formula is C36H30CaF12N8O6. The Morgan fingerprint density at radius 2 is 0.889 bits per heavy atom. The number of benzene rings is 2. The summed E-state index contributed by atoms with van der Waals surface area (Å²) in [4.78, 5) is 55.8. The van der Waals surface area contributed by atoms with Crippen molar-refractivity contribution in [3.8, 4) is 0 Å². The van der Waals surface area contributed by atoms with E-state index in [9.17, 15) is 82.1 Å². The van der Waals surface area contributed by atoms with Crippen molar-refractivity contribution in [3.63, 3.8) is 0 Å². The number of amides is 2. The number of nitrogens with zero attached hydrogens (tertiary/aromatic N) is 6. The Morgan fingerprint density at radius 3 is 1.19 bits per heavy atom. The second kappa shape index (κ2) is 19.9. The number of hydrogen-bond donors (Lipinski definition) is 2. The Labute approximate surface area is 376 Å². The summed E-state index contributed by atoms with van der Waals surface area (Å²) in [6.07, 6.45) is -11.2. The third-order valence-electron chi connectivity index (χ3n) is 9.63. The summed E-state index contributed by atoms with van der Waals surface area (Å²) in [5.41, 5.74) is 8.60. The number of alkyl halides is 6. The summed E-state index contributed by atoms with van der Waals surface area (Å²) < 4.78 is 160. The molecule has 2 aromatic carbocycles. The van der Waals surface area contributed by atoms with Gasteiger partial charge in [0.2, 0.25) is 23.5 Å². The van der Waals surface area contributed by atoms with E-state index in [2.05, 4.69) is 9.97 Å². The van der Waals surface area contributed by atoms with Gasteiger partial charge in [0.1, 0.15) is 23.0 Å². The van der Waals surface area contributed by atoms with Gasteiger partial charge in [-0.2, -0.15) is 26.3 Å². The van der Waals surface area contributed by atoms with E-state index in [1.54, 1.807) is 0 Å². The quantitative estimate of drug-likeness (QED) is 0.133. The van der Waals surface area contributed by atoms with Gasteiger partial charge in [-0.05, 0) is 36.1 Å². The van der Waals surface area contributed by atoms with Crippen molar-refractivity contribution in [1.82, 2.24) is 28.9 Å². The van der Waals surface area contributed by atoms with Crippen LogP contribution >= 0.6 is 0 Å². The van der Waals surface area contributed by atoms with Crippen molar-refractivity contribution < 1.29 is 82.1 Å². The molecular weight excluding hydrogens is 908 g/mol. The molecule has 14 nitrogen and oxygen atoms in total. The normalized spacial score (nSPS) is 14.8. The van der Waals surface area contributed by atoms with Crippen LogP contribution in [0.25, 0.3) is 0 Å². The molecule has 4 aromatic rings. The van der Waals surface area contributed by atoms with Crippen LogP contribution in [0.2, 0.25) is 0 Å². The van der Waals surface area contributed by atoms with Crippen LogP contribution in [0.1, 0.15) is 68.0 Å². The maximum Gasteiger partial charge on any atom is 2.00 e. The second-order valence-corrected chi connectivity index (χ2v) is 14.0. The topological polar surface area (TPSA) is 209 Å². The van der Waals surface area contributed by atoms with E-state index in [1.165, 1.54) is 0 Å². The molecule has 2 atom stereocenters. The Hall–Kier alpha value is -4.92. The maximum atomic E-state index is 13.7. The number of carbonyl (C=O) groups excluding carboxylic acids is 4. The van der Waals surface area contributed by atoms with Crippen LogP contribution < -0.4 is 21.7 Å². The molecule has 6 rings (SSSR count). The zero-order chi connectivity index (χ0) is 46.2. The Morgan fingerprint density at radius 1 is 0.571 bits per heavy atom. The van der Waals surface area contributed by atoms with Crippen molar-refractivity contribution in [1.29, 1.82) is 0 Å². The monoisotopic (exact) mass is 938 g/mol. The molecule has 0 saturated carbocycles. The van der Waals surface area contributed by atoms with Crippen molar-refractivity contribution in [3.05, 3.63) is 105 Å². The number of aromatic carboxylic acids is 2. The Balaban J connectivity index is 0.000000272. The molecule has 0 fully saturated rings. The van der Waals surface area contributed by atoms with Gasteiger partial charge in [0.25, 0.3) is 0 Å². The van der Waals surface area contributed by atoms with Gasteiger partial charge in [-0.1, -0.05) is 0 Å². The summed E-state index contributed by atoms with van der Waals surface area (Å²) in [6, 6.07) is -0.0661. The first-order chi connectivity index (χ1) is 28.8. The average molecular weight is 939 g/mol. The fourth-order valence-electron chi connectivity index (χ4n) is 6.78. The van der Waals surface area contributed by atoms with E-state index in [0.29, 0.717) is 33.4 Å². The van der Waals surface area contributed by atoms with Gasteiger partial charge < -0.3 is 50.2 Å². The molecule has 0 bridgehead atoms. The predicted molar refractivity (Wildman–Crippen MR) is 185 cm³/mol. The van der Waals surface area contributed by atoms with Crippen LogP contribution in [0.5, 0.6) is 0 Å². The Kier molecular flexibility index (Phi) is 16.0. The number of hydrogen-bond acceptors (Lipinski definition) is 10. The van der Waals surface area contributed by atoms with Crippen LogP contribution in [-0.4, -0.2) is 116 Å². The fraction of sp³-hybridized carbons (Fsp3) is 0.389. The molecule has 0 aliphatic carbocycles. The number of nitrogens with two attached hydrogens (primary N) is 2. The largest absolute Gasteiger partial charge is 2.00 e. The minimum Gasteiger partial charge on any atom is -0.543 e. The zero-order valence-electron chi connectivity index (χ0n) is 32.1. The van der Waals surface area contributed by atoms with Crippen molar-refractivity contribution in [2.24, 2.45) is 11.5 Å². The maximum absolute atomic E-state index is 13.7. The first kappa shape index (κ1) is 50.7. The minimum absolute atomic E-state index is 0. The number of fused-ring (bicyclic) bond motifs is 2. The molecule has 2 aliphatic rings. The predicted octanol–water partition coefficient (Wildman–Crippen LogP) is 1.59. The van der Waals surface area contributed by atoms with Crippen molar-refractivity contribution in [2.45, 2.75) is 76.3 Å². The molecule has 4 N–H and O–H groups in total. The van der Waals surface area contributed by atoms with E-state index in [-0.39, 0.29) is 112 Å². The first-order valence-electron chi connectivity index (χ1n) is 17.9. The van der Waals surface area contributed by atoms with Crippen LogP contribution in [0.15, 0.2) is 24.3 Å². The molecule has 27 heteroatoms. The van der Waals surface area contributed by atoms with Gasteiger partial charge in [0.05, 0.1) is 36.4 Å². The van der Waals surface area contributed by atoms with E-state index in [1.807, 2.05) is 0 Å². The van der Waals surface area contributed by atoms with Crippen LogP contribution in [0, 0.1) is 34.9 Å². The second-order valence-electron chi connectivity index (χ2n) is 14.0. The van der Waals surface area contributed by atoms with Gasteiger partial charge in [-0.15, -0.1) is 0 Å². The van der Waals surface area contributed by atoms with Crippen molar-refractivity contribution >= 4 is 61.5 Å². The molecule has 2 aliphatic heterocycles. The summed E-state index contributed by atoms with van der Waals surface area (Å²) in [6.45, 7) is -2.02. The molecule has 63 heavy (non-hydrogen) atoms. The number of halogens is 12. The summed E-state index contributed by atoms with van der Waals surface area (Å²) in [5.74, 6) is -15.3. The smallest absolute Gasteiger partial charge is 0.543 e. The summed E-state index contributed by atoms with van der Waals surface area (Å²) in [5, 5.41) is 22.4.